The lowest BCUT2D eigenvalue weighted by Crippen LogP contribution is -1.77. The molecule has 0 atom stereocenters. The van der Waals surface area contributed by atoms with Gasteiger partial charge in [0, 0.05) is 1.43 Å². The zero-order chi connectivity index (χ0) is 6.95. The Morgan fingerprint density at radius 3 is 2.11 bits per heavy atom. The molecule has 0 fully saturated rings. The fraction of sp³-hybridized carbons (Fsp3) is 1.00. The predicted octanol–water partition coefficient (Wildman–Crippen LogP) is 2.64. The van der Waals surface area contributed by atoms with Crippen LogP contribution in [0.15, 0.2) is 0 Å². The molecule has 0 rings (SSSR count). The lowest BCUT2D eigenvalue weighted by atomic mass is 10.1. The topological polar surface area (TPSA) is 0 Å². The van der Waals surface area contributed by atoms with Crippen molar-refractivity contribution in [3.05, 3.63) is 0 Å². The van der Waals surface area contributed by atoms with Crippen molar-refractivity contribution in [2.45, 2.75) is 50.7 Å². The van der Waals surface area contributed by atoms with Gasteiger partial charge in [0.25, 0.3) is 0 Å². The summed E-state index contributed by atoms with van der Waals surface area (Å²) in [5.41, 5.74) is 0. The highest BCUT2D eigenvalue weighted by atomic mass is 27.0. The molecule has 0 amide bonds. The van der Waals surface area contributed by atoms with E-state index in [1.54, 1.807) is 0 Å². The lowest BCUT2D eigenvalue weighted by Gasteiger charge is -1.96. The molecule has 0 aromatic rings. The number of unbranched alkanes of at least 4 members (excludes halogenated alkanes) is 5. The van der Waals surface area contributed by atoms with Gasteiger partial charge in [-0.3, -0.25) is 0 Å². The van der Waals surface area contributed by atoms with E-state index in [-0.39, 0.29) is 1.43 Å². The fourth-order valence-electron chi connectivity index (χ4n) is 1.03. The number of hydrogen-bond donors (Lipinski definition) is 0. The van der Waals surface area contributed by atoms with E-state index < -0.39 is 0 Å². The van der Waals surface area contributed by atoms with Crippen LogP contribution in [-0.2, 0) is 0 Å². The molecule has 0 saturated heterocycles. The lowest BCUT2D eigenvalue weighted by molar-refractivity contribution is 0.624. The quantitative estimate of drug-likeness (QED) is 0.397. The maximum atomic E-state index is 2.27. The molecule has 0 saturated carbocycles. The summed E-state index contributed by atoms with van der Waals surface area (Å²) in [7, 11) is 0. The molecular formula is C8H21Al. The van der Waals surface area contributed by atoms with Crippen molar-refractivity contribution in [2.75, 3.05) is 0 Å². The van der Waals surface area contributed by atoms with Crippen LogP contribution in [0.2, 0.25) is 5.28 Å². The summed E-state index contributed by atoms with van der Waals surface area (Å²) in [6.45, 7) is 2.27. The van der Waals surface area contributed by atoms with E-state index in [4.69, 9.17) is 0 Å². The maximum Gasteiger partial charge on any atom is 0.211 e. The average Bonchev–Trinajstić information content (AvgIpc) is 1.89. The summed E-state index contributed by atoms with van der Waals surface area (Å²) in [5.74, 6) is 0. The molecule has 0 aliphatic heterocycles. The van der Waals surface area contributed by atoms with Gasteiger partial charge < -0.3 is 0 Å². The minimum absolute atomic E-state index is 0. The normalized spacial score (nSPS) is 9.89. The molecular weight excluding hydrogens is 123 g/mol. The Kier molecular flexibility index (Phi) is 9.04. The van der Waals surface area contributed by atoms with Gasteiger partial charge in [-0.05, 0) is 0 Å². The van der Waals surface area contributed by atoms with Crippen LogP contribution >= 0.6 is 0 Å². The Labute approximate surface area is 68.9 Å². The van der Waals surface area contributed by atoms with Crippen molar-refractivity contribution >= 4 is 16.3 Å². The molecule has 0 N–H and O–H groups in total. The first-order valence-corrected chi connectivity index (χ1v) is 5.83. The number of hydrogen-bond acceptors (Lipinski definition) is 0. The molecule has 0 spiro atoms. The van der Waals surface area contributed by atoms with Crippen molar-refractivity contribution in [2.24, 2.45) is 0 Å². The molecule has 0 nitrogen and oxygen atoms in total. The maximum absolute atomic E-state index is 2.27. The molecule has 56 valence electrons. The molecule has 0 heterocycles. The molecule has 0 aliphatic carbocycles. The van der Waals surface area contributed by atoms with Crippen LogP contribution < -0.4 is 0 Å². The monoisotopic (exact) mass is 144 g/mol. The molecule has 0 radical (unpaired) electrons. The van der Waals surface area contributed by atoms with E-state index in [1.807, 2.05) is 0 Å². The van der Waals surface area contributed by atoms with Crippen molar-refractivity contribution in [3.8, 4) is 0 Å². The van der Waals surface area contributed by atoms with Crippen LogP contribution in [0, 0.1) is 0 Å². The number of rotatable bonds is 6. The third-order valence-corrected chi connectivity index (χ3v) is 2.41. The van der Waals surface area contributed by atoms with Crippen LogP contribution in [0.3, 0.4) is 0 Å². The van der Waals surface area contributed by atoms with Gasteiger partial charge in [0.2, 0.25) is 16.3 Å². The van der Waals surface area contributed by atoms with E-state index in [9.17, 15) is 0 Å². The van der Waals surface area contributed by atoms with Crippen molar-refractivity contribution < 1.29 is 1.43 Å². The summed E-state index contributed by atoms with van der Waals surface area (Å²) < 4.78 is 0. The van der Waals surface area contributed by atoms with E-state index in [0.717, 1.165) is 0 Å². The molecule has 0 bridgehead atoms. The van der Waals surface area contributed by atoms with Gasteiger partial charge in [-0.1, -0.05) is 45.4 Å². The Hall–Kier alpha value is 0.532. The SMILES string of the molecule is CCCCCCC[CH2][AlH2].[HH]. The highest BCUT2D eigenvalue weighted by molar-refractivity contribution is 6.08. The second kappa shape index (κ2) is 8.53. The summed E-state index contributed by atoms with van der Waals surface area (Å²) in [6, 6.07) is 0. The molecule has 1 heteroatoms. The van der Waals surface area contributed by atoms with Gasteiger partial charge >= 0.3 is 0 Å². The van der Waals surface area contributed by atoms with Gasteiger partial charge in [-0.2, -0.15) is 0 Å². The zero-order valence-electron chi connectivity index (χ0n) is 6.95. The van der Waals surface area contributed by atoms with Gasteiger partial charge in [0.1, 0.15) is 0 Å². The zero-order valence-corrected chi connectivity index (χ0v) is 8.95. The van der Waals surface area contributed by atoms with Crippen LogP contribution in [0.4, 0.5) is 0 Å². The first-order valence-electron chi connectivity index (χ1n) is 4.41. The van der Waals surface area contributed by atoms with Gasteiger partial charge in [-0.25, -0.2) is 0 Å². The third kappa shape index (κ3) is 8.53. The highest BCUT2D eigenvalue weighted by Gasteiger charge is 1.85. The largest absolute Gasteiger partial charge is 0.211 e. The van der Waals surface area contributed by atoms with Gasteiger partial charge in [0.15, 0.2) is 0 Å². The second-order valence-electron chi connectivity index (χ2n) is 2.77. The van der Waals surface area contributed by atoms with Crippen LogP contribution in [0.1, 0.15) is 46.9 Å². The third-order valence-electron chi connectivity index (χ3n) is 1.71. The van der Waals surface area contributed by atoms with E-state index in [1.165, 1.54) is 60.1 Å². The van der Waals surface area contributed by atoms with Crippen LogP contribution in [0.25, 0.3) is 0 Å². The molecule has 0 aromatic carbocycles. The van der Waals surface area contributed by atoms with E-state index >= 15 is 0 Å². The molecule has 0 aromatic heterocycles. The first-order chi connectivity index (χ1) is 4.41. The summed E-state index contributed by atoms with van der Waals surface area (Å²) >= 11 is 1.41. The summed E-state index contributed by atoms with van der Waals surface area (Å²) in [6.07, 6.45) is 8.76. The summed E-state index contributed by atoms with van der Waals surface area (Å²) in [5, 5.41) is 1.51. The smallest absolute Gasteiger partial charge is 0.101 e. The minimum atomic E-state index is 0. The minimum Gasteiger partial charge on any atom is -0.101 e. The Morgan fingerprint density at radius 1 is 1.00 bits per heavy atom. The Bertz CT molecular complexity index is 42.5. The summed E-state index contributed by atoms with van der Waals surface area (Å²) in [4.78, 5) is 0. The molecule has 9 heavy (non-hydrogen) atoms. The van der Waals surface area contributed by atoms with Crippen molar-refractivity contribution in [3.63, 3.8) is 0 Å². The van der Waals surface area contributed by atoms with E-state index in [0.29, 0.717) is 0 Å². The van der Waals surface area contributed by atoms with Crippen molar-refractivity contribution in [1.82, 2.24) is 0 Å². The Morgan fingerprint density at radius 2 is 1.56 bits per heavy atom. The molecule has 0 aliphatic rings. The second-order valence-corrected chi connectivity index (χ2v) is 3.77. The highest BCUT2D eigenvalue weighted by Crippen LogP contribution is 2.05. The van der Waals surface area contributed by atoms with Gasteiger partial charge in [-0.15, -0.1) is 5.28 Å². The van der Waals surface area contributed by atoms with Gasteiger partial charge in [0.05, 0.1) is 0 Å². The van der Waals surface area contributed by atoms with Crippen molar-refractivity contribution in [1.29, 1.82) is 0 Å². The first kappa shape index (κ1) is 9.53. The standard InChI is InChI=1S/C8H17.Al.H2.2H/c1-3-5-7-8-6-4-2;;;;/h1,3-8H2,2H3;;1H;;. The predicted molar refractivity (Wildman–Crippen MR) is 48.8 cm³/mol. The van der Waals surface area contributed by atoms with E-state index in [2.05, 4.69) is 6.92 Å². The van der Waals surface area contributed by atoms with Crippen LogP contribution in [0.5, 0.6) is 0 Å². The fourth-order valence-corrected chi connectivity index (χ4v) is 1.53. The Balaban J connectivity index is 0. The average molecular weight is 144 g/mol. The molecule has 0 unspecified atom stereocenters. The van der Waals surface area contributed by atoms with Crippen LogP contribution in [-0.4, -0.2) is 16.3 Å².